The van der Waals surface area contributed by atoms with E-state index in [0.717, 1.165) is 36.4 Å². The standard InChI is InChI=1S/C20H25N7O2/c1-4-29-17-8-16-14(12-26(3)25-16)7-15(17)20(28)24-18-9-23-19(10-22-18)27-6-5-21-13(2)11-27/h7-10,12-13,21H,4-6,11H2,1-3H3,(H,22,24,28)/t13-/m0/s1. The van der Waals surface area contributed by atoms with Crippen LogP contribution < -0.4 is 20.3 Å². The van der Waals surface area contributed by atoms with E-state index in [2.05, 4.69) is 37.5 Å². The zero-order chi connectivity index (χ0) is 20.4. The summed E-state index contributed by atoms with van der Waals surface area (Å²) >= 11 is 0. The van der Waals surface area contributed by atoms with Crippen LogP contribution in [0.25, 0.3) is 10.9 Å². The number of amides is 1. The number of benzene rings is 1. The molecule has 3 heterocycles. The lowest BCUT2D eigenvalue weighted by Crippen LogP contribution is -2.49. The Hall–Kier alpha value is -3.20. The smallest absolute Gasteiger partial charge is 0.260 e. The number of ether oxygens (including phenoxy) is 1. The van der Waals surface area contributed by atoms with Crippen LogP contribution >= 0.6 is 0 Å². The predicted molar refractivity (Wildman–Crippen MR) is 112 cm³/mol. The monoisotopic (exact) mass is 395 g/mol. The van der Waals surface area contributed by atoms with E-state index < -0.39 is 0 Å². The second-order valence-electron chi connectivity index (χ2n) is 7.16. The van der Waals surface area contributed by atoms with E-state index >= 15 is 0 Å². The topological polar surface area (TPSA) is 97.2 Å². The van der Waals surface area contributed by atoms with E-state index in [-0.39, 0.29) is 5.91 Å². The molecule has 0 radical (unpaired) electrons. The van der Waals surface area contributed by atoms with E-state index in [4.69, 9.17) is 4.74 Å². The van der Waals surface area contributed by atoms with Gasteiger partial charge in [-0.1, -0.05) is 0 Å². The molecule has 2 aromatic heterocycles. The number of aromatic nitrogens is 4. The highest BCUT2D eigenvalue weighted by atomic mass is 16.5. The number of nitrogens with one attached hydrogen (secondary N) is 2. The molecule has 2 N–H and O–H groups in total. The molecule has 9 heteroatoms. The van der Waals surface area contributed by atoms with Gasteiger partial charge in [0.1, 0.15) is 11.6 Å². The number of hydrogen-bond acceptors (Lipinski definition) is 7. The van der Waals surface area contributed by atoms with Crippen molar-refractivity contribution in [2.75, 3.05) is 36.5 Å². The molecule has 0 aliphatic carbocycles. The first-order valence-corrected chi connectivity index (χ1v) is 9.75. The number of fused-ring (bicyclic) bond motifs is 1. The van der Waals surface area contributed by atoms with E-state index in [1.807, 2.05) is 20.2 Å². The Kier molecular flexibility index (Phi) is 5.30. The van der Waals surface area contributed by atoms with E-state index in [1.165, 1.54) is 0 Å². The summed E-state index contributed by atoms with van der Waals surface area (Å²) in [7, 11) is 1.84. The molecule has 3 aromatic rings. The van der Waals surface area contributed by atoms with Gasteiger partial charge in [-0.25, -0.2) is 9.97 Å². The molecular formula is C20H25N7O2. The molecule has 29 heavy (non-hydrogen) atoms. The fourth-order valence-corrected chi connectivity index (χ4v) is 3.50. The van der Waals surface area contributed by atoms with Crippen LogP contribution in [0.3, 0.4) is 0 Å². The number of carbonyl (C=O) groups is 1. The number of hydrogen-bond donors (Lipinski definition) is 2. The largest absolute Gasteiger partial charge is 0.493 e. The lowest BCUT2D eigenvalue weighted by molar-refractivity contribution is 0.102. The third-order valence-electron chi connectivity index (χ3n) is 4.84. The minimum atomic E-state index is -0.294. The number of nitrogens with zero attached hydrogens (tertiary/aromatic N) is 5. The van der Waals surface area contributed by atoms with E-state index in [9.17, 15) is 4.79 Å². The van der Waals surface area contributed by atoms with Crippen LogP contribution in [0.2, 0.25) is 0 Å². The van der Waals surface area contributed by atoms with Crippen LogP contribution in [0, 0.1) is 0 Å². The van der Waals surface area contributed by atoms with Crippen molar-refractivity contribution in [1.82, 2.24) is 25.1 Å². The van der Waals surface area contributed by atoms with Gasteiger partial charge >= 0.3 is 0 Å². The second-order valence-corrected chi connectivity index (χ2v) is 7.16. The molecule has 9 nitrogen and oxygen atoms in total. The van der Waals surface area contributed by atoms with Crippen molar-refractivity contribution in [3.05, 3.63) is 36.3 Å². The Balaban J connectivity index is 1.53. The minimum Gasteiger partial charge on any atom is -0.493 e. The van der Waals surface area contributed by atoms with Gasteiger partial charge in [0.2, 0.25) is 0 Å². The molecule has 4 rings (SSSR count). The molecule has 0 saturated carbocycles. The number of aryl methyl sites for hydroxylation is 1. The van der Waals surface area contributed by atoms with Gasteiger partial charge < -0.3 is 20.3 Å². The minimum absolute atomic E-state index is 0.294. The SMILES string of the molecule is CCOc1cc2nn(C)cc2cc1C(=O)Nc1cnc(N2CCN[C@@H](C)C2)cn1. The normalized spacial score (nSPS) is 16.8. The molecule has 1 aromatic carbocycles. The Morgan fingerprint density at radius 2 is 2.21 bits per heavy atom. The summed E-state index contributed by atoms with van der Waals surface area (Å²) < 4.78 is 7.37. The quantitative estimate of drug-likeness (QED) is 0.680. The molecule has 0 spiro atoms. The summed E-state index contributed by atoms with van der Waals surface area (Å²) in [4.78, 5) is 23.9. The van der Waals surface area contributed by atoms with Crippen molar-refractivity contribution in [3.63, 3.8) is 0 Å². The zero-order valence-corrected chi connectivity index (χ0v) is 16.8. The van der Waals surface area contributed by atoms with Crippen molar-refractivity contribution < 1.29 is 9.53 Å². The van der Waals surface area contributed by atoms with Gasteiger partial charge in [-0.05, 0) is 19.9 Å². The first-order chi connectivity index (χ1) is 14.0. The maximum atomic E-state index is 12.9. The summed E-state index contributed by atoms with van der Waals surface area (Å²) in [5.74, 6) is 1.41. The van der Waals surface area contributed by atoms with Gasteiger partial charge in [0.05, 0.1) is 30.1 Å². The maximum absolute atomic E-state index is 12.9. The first kappa shape index (κ1) is 19.1. The fraction of sp³-hybridized carbons (Fsp3) is 0.400. The van der Waals surface area contributed by atoms with Crippen LogP contribution in [0.15, 0.2) is 30.7 Å². The molecule has 0 bridgehead atoms. The molecule has 1 atom stereocenters. The Morgan fingerprint density at radius 3 is 2.93 bits per heavy atom. The van der Waals surface area contributed by atoms with Crippen LogP contribution in [0.1, 0.15) is 24.2 Å². The second kappa shape index (κ2) is 8.04. The van der Waals surface area contributed by atoms with Crippen molar-refractivity contribution in [3.8, 4) is 5.75 Å². The number of rotatable bonds is 5. The maximum Gasteiger partial charge on any atom is 0.260 e. The summed E-state index contributed by atoms with van der Waals surface area (Å²) in [6.07, 6.45) is 5.15. The van der Waals surface area contributed by atoms with Gasteiger partial charge in [-0.2, -0.15) is 5.10 Å². The number of piperazine rings is 1. The van der Waals surface area contributed by atoms with Crippen LogP contribution in [0.5, 0.6) is 5.75 Å². The first-order valence-electron chi connectivity index (χ1n) is 9.75. The summed E-state index contributed by atoms with van der Waals surface area (Å²) in [6, 6.07) is 3.98. The molecular weight excluding hydrogens is 370 g/mol. The lowest BCUT2D eigenvalue weighted by atomic mass is 10.1. The summed E-state index contributed by atoms with van der Waals surface area (Å²) in [6.45, 7) is 7.15. The Morgan fingerprint density at radius 1 is 1.34 bits per heavy atom. The van der Waals surface area contributed by atoms with Gasteiger partial charge in [0.25, 0.3) is 5.91 Å². The van der Waals surface area contributed by atoms with E-state index in [0.29, 0.717) is 29.8 Å². The zero-order valence-electron chi connectivity index (χ0n) is 16.8. The summed E-state index contributed by atoms with van der Waals surface area (Å²) in [5.41, 5.74) is 1.22. The van der Waals surface area contributed by atoms with E-state index in [1.54, 1.807) is 29.2 Å². The van der Waals surface area contributed by atoms with Gasteiger partial charge in [0, 0.05) is 50.4 Å². The third-order valence-corrected chi connectivity index (χ3v) is 4.84. The van der Waals surface area contributed by atoms with Crippen molar-refractivity contribution >= 4 is 28.4 Å². The predicted octanol–water partition coefficient (Wildman–Crippen LogP) is 1.81. The van der Waals surface area contributed by atoms with Crippen molar-refractivity contribution in [1.29, 1.82) is 0 Å². The molecule has 1 aliphatic rings. The van der Waals surface area contributed by atoms with Crippen LogP contribution in [-0.4, -0.2) is 57.9 Å². The molecule has 1 amide bonds. The summed E-state index contributed by atoms with van der Waals surface area (Å²) in [5, 5.41) is 11.5. The molecule has 1 fully saturated rings. The number of carbonyl (C=O) groups excluding carboxylic acids is 1. The molecule has 0 unspecified atom stereocenters. The van der Waals surface area contributed by atoms with Gasteiger partial charge in [0.15, 0.2) is 5.82 Å². The average molecular weight is 395 g/mol. The van der Waals surface area contributed by atoms with Crippen LogP contribution in [0.4, 0.5) is 11.6 Å². The highest BCUT2D eigenvalue weighted by Crippen LogP contribution is 2.26. The Bertz CT molecular complexity index is 1020. The molecule has 1 aliphatic heterocycles. The van der Waals surface area contributed by atoms with Gasteiger partial charge in [-0.15, -0.1) is 0 Å². The lowest BCUT2D eigenvalue weighted by Gasteiger charge is -2.32. The Labute approximate surface area is 169 Å². The van der Waals surface area contributed by atoms with Crippen molar-refractivity contribution in [2.24, 2.45) is 7.05 Å². The highest BCUT2D eigenvalue weighted by molar-refractivity contribution is 6.08. The molecule has 152 valence electrons. The highest BCUT2D eigenvalue weighted by Gasteiger charge is 2.19. The third kappa shape index (κ3) is 4.14. The molecule has 1 saturated heterocycles. The fourth-order valence-electron chi connectivity index (χ4n) is 3.50. The van der Waals surface area contributed by atoms with Gasteiger partial charge in [-0.3, -0.25) is 9.48 Å². The van der Waals surface area contributed by atoms with Crippen molar-refractivity contribution in [2.45, 2.75) is 19.9 Å². The number of anilines is 2. The van der Waals surface area contributed by atoms with Crippen LogP contribution in [-0.2, 0) is 7.05 Å². The average Bonchev–Trinajstić information content (AvgIpc) is 3.07.